The van der Waals surface area contributed by atoms with Gasteiger partial charge in [0.15, 0.2) is 0 Å². The Hall–Kier alpha value is -2.45. The van der Waals surface area contributed by atoms with Crippen molar-refractivity contribution in [3.05, 3.63) is 48.3 Å². The topological polar surface area (TPSA) is 79.8 Å². The summed E-state index contributed by atoms with van der Waals surface area (Å²) in [5.41, 5.74) is 1.46. The standard InChI is InChI=1S/C18H19N3O4S/c1-13-2-4-15(5-3-13)26(23,24)20-11-14(12-20)18(22)21-8-9-25-17-6-7-19-10-16(17)21/h2-7,10,14H,8-9,11-12H2,1H3/i6D. The van der Waals surface area contributed by atoms with Gasteiger partial charge in [0.05, 0.1) is 24.9 Å². The van der Waals surface area contributed by atoms with E-state index >= 15 is 0 Å². The Morgan fingerprint density at radius 3 is 2.77 bits per heavy atom. The second-order valence-electron chi connectivity index (χ2n) is 6.44. The zero-order chi connectivity index (χ0) is 19.2. The van der Waals surface area contributed by atoms with Crippen LogP contribution < -0.4 is 9.64 Å². The number of fused-ring (bicyclic) bond motifs is 1. The summed E-state index contributed by atoms with van der Waals surface area (Å²) in [6.07, 6.45) is 2.87. The van der Waals surface area contributed by atoms with E-state index in [1.165, 1.54) is 16.7 Å². The van der Waals surface area contributed by atoms with Gasteiger partial charge in [-0.3, -0.25) is 9.78 Å². The van der Waals surface area contributed by atoms with E-state index in [9.17, 15) is 13.2 Å². The average molecular weight is 374 g/mol. The van der Waals surface area contributed by atoms with E-state index in [2.05, 4.69) is 4.98 Å². The van der Waals surface area contributed by atoms with Crippen LogP contribution in [-0.2, 0) is 14.8 Å². The molecule has 0 spiro atoms. The number of amides is 1. The fourth-order valence-corrected chi connectivity index (χ4v) is 4.63. The first kappa shape index (κ1) is 15.8. The van der Waals surface area contributed by atoms with Gasteiger partial charge in [-0.15, -0.1) is 0 Å². The zero-order valence-electron chi connectivity index (χ0n) is 15.3. The van der Waals surface area contributed by atoms with Gasteiger partial charge in [-0.05, 0) is 19.1 Å². The lowest BCUT2D eigenvalue weighted by Crippen LogP contribution is -2.57. The highest BCUT2D eigenvalue weighted by molar-refractivity contribution is 7.89. The number of hydrogen-bond acceptors (Lipinski definition) is 5. The van der Waals surface area contributed by atoms with Crippen molar-refractivity contribution in [1.82, 2.24) is 9.29 Å². The Morgan fingerprint density at radius 2 is 2.04 bits per heavy atom. The molecular formula is C18H19N3O4S. The molecule has 1 amide bonds. The van der Waals surface area contributed by atoms with Crippen LogP contribution in [0.3, 0.4) is 0 Å². The summed E-state index contributed by atoms with van der Waals surface area (Å²) in [5, 5.41) is 0. The van der Waals surface area contributed by atoms with Crippen LogP contribution in [0.1, 0.15) is 6.93 Å². The summed E-state index contributed by atoms with van der Waals surface area (Å²) in [6.45, 7) is 2.85. The van der Waals surface area contributed by atoms with Crippen molar-refractivity contribution < 1.29 is 19.3 Å². The molecule has 2 aliphatic rings. The number of hydrogen-bond donors (Lipinski definition) is 0. The molecule has 0 unspecified atom stereocenters. The third-order valence-corrected chi connectivity index (χ3v) is 6.52. The molecular weight excluding hydrogens is 354 g/mol. The molecule has 8 heteroatoms. The highest BCUT2D eigenvalue weighted by Gasteiger charge is 2.43. The lowest BCUT2D eigenvalue weighted by Gasteiger charge is -2.40. The molecule has 2 aromatic rings. The first-order chi connectivity index (χ1) is 12.9. The van der Waals surface area contributed by atoms with Crippen LogP contribution in [0.2, 0.25) is 0 Å². The quantitative estimate of drug-likeness (QED) is 0.812. The van der Waals surface area contributed by atoms with Crippen LogP contribution in [0.15, 0.2) is 47.6 Å². The Morgan fingerprint density at radius 1 is 1.31 bits per heavy atom. The van der Waals surface area contributed by atoms with E-state index in [1.54, 1.807) is 29.2 Å². The van der Waals surface area contributed by atoms with E-state index in [0.29, 0.717) is 24.6 Å². The number of benzene rings is 1. The SMILES string of the molecule is [2H]c1cncc2c1OCCN2C(=O)C1CN(S(=O)(=O)c2ccc(C)cc2)C1. The molecule has 0 saturated carbocycles. The molecule has 3 heterocycles. The van der Waals surface area contributed by atoms with Gasteiger partial charge in [0.25, 0.3) is 0 Å². The van der Waals surface area contributed by atoms with E-state index in [0.717, 1.165) is 5.56 Å². The number of anilines is 1. The number of carbonyl (C=O) groups excluding carboxylic acids is 1. The average Bonchev–Trinajstić information content (AvgIpc) is 2.60. The molecule has 0 N–H and O–H groups in total. The van der Waals surface area contributed by atoms with Crippen molar-refractivity contribution in [3.63, 3.8) is 0 Å². The van der Waals surface area contributed by atoms with Crippen LogP contribution in [0.25, 0.3) is 0 Å². The molecule has 7 nitrogen and oxygen atoms in total. The van der Waals surface area contributed by atoms with E-state index < -0.39 is 15.9 Å². The number of ether oxygens (including phenoxy) is 1. The van der Waals surface area contributed by atoms with Crippen LogP contribution >= 0.6 is 0 Å². The minimum absolute atomic E-state index is 0.127. The first-order valence-electron chi connectivity index (χ1n) is 8.83. The number of rotatable bonds is 3. The second kappa shape index (κ2) is 6.37. The van der Waals surface area contributed by atoms with Crippen molar-refractivity contribution in [2.45, 2.75) is 11.8 Å². The summed E-state index contributed by atoms with van der Waals surface area (Å²) in [7, 11) is -3.59. The molecule has 0 aliphatic carbocycles. The van der Waals surface area contributed by atoms with Crippen LogP contribution in [0.4, 0.5) is 5.69 Å². The van der Waals surface area contributed by atoms with E-state index in [1.807, 2.05) is 6.92 Å². The van der Waals surface area contributed by atoms with Crippen LogP contribution in [0.5, 0.6) is 5.75 Å². The largest absolute Gasteiger partial charge is 0.489 e. The number of pyridine rings is 1. The number of aromatic nitrogens is 1. The number of aryl methyl sites for hydroxylation is 1. The van der Waals surface area contributed by atoms with E-state index in [-0.39, 0.29) is 29.9 Å². The van der Waals surface area contributed by atoms with Gasteiger partial charge in [0, 0.05) is 25.3 Å². The molecule has 136 valence electrons. The predicted molar refractivity (Wildman–Crippen MR) is 95.5 cm³/mol. The molecule has 0 bridgehead atoms. The smallest absolute Gasteiger partial charge is 0.243 e. The van der Waals surface area contributed by atoms with Crippen LogP contribution in [-0.4, -0.2) is 49.9 Å². The first-order valence-corrected chi connectivity index (χ1v) is 9.77. The maximum atomic E-state index is 12.9. The second-order valence-corrected chi connectivity index (χ2v) is 8.37. The minimum Gasteiger partial charge on any atom is -0.489 e. The molecule has 1 aromatic heterocycles. The molecule has 1 fully saturated rings. The maximum Gasteiger partial charge on any atom is 0.243 e. The summed E-state index contributed by atoms with van der Waals surface area (Å²) in [4.78, 5) is 18.6. The Kier molecular flexibility index (Phi) is 3.86. The highest BCUT2D eigenvalue weighted by Crippen LogP contribution is 2.33. The van der Waals surface area contributed by atoms with Gasteiger partial charge in [-0.2, -0.15) is 4.31 Å². The Bertz CT molecular complexity index is 988. The highest BCUT2D eigenvalue weighted by atomic mass is 32.2. The predicted octanol–water partition coefficient (Wildman–Crippen LogP) is 1.44. The molecule has 2 aliphatic heterocycles. The number of sulfonamides is 1. The van der Waals surface area contributed by atoms with E-state index in [4.69, 9.17) is 6.11 Å². The summed E-state index contributed by atoms with van der Waals surface area (Å²) in [5.74, 6) is -0.235. The molecule has 4 rings (SSSR count). The summed E-state index contributed by atoms with van der Waals surface area (Å²) in [6, 6.07) is 6.80. The molecule has 1 saturated heterocycles. The third-order valence-electron chi connectivity index (χ3n) is 4.67. The summed E-state index contributed by atoms with van der Waals surface area (Å²) < 4.78 is 40.0. The van der Waals surface area contributed by atoms with Crippen molar-refractivity contribution in [2.75, 3.05) is 31.1 Å². The van der Waals surface area contributed by atoms with Crippen molar-refractivity contribution in [3.8, 4) is 5.75 Å². The normalized spacial score (nSPS) is 18.5. The van der Waals surface area contributed by atoms with Gasteiger partial charge >= 0.3 is 0 Å². The Labute approximate surface area is 153 Å². The lowest BCUT2D eigenvalue weighted by molar-refractivity contribution is -0.125. The van der Waals surface area contributed by atoms with Gasteiger partial charge in [-0.25, -0.2) is 8.42 Å². The van der Waals surface area contributed by atoms with Gasteiger partial charge in [0.1, 0.15) is 18.0 Å². The van der Waals surface area contributed by atoms with Gasteiger partial charge in [-0.1, -0.05) is 17.7 Å². The zero-order valence-corrected chi connectivity index (χ0v) is 15.1. The molecule has 0 atom stereocenters. The monoisotopic (exact) mass is 374 g/mol. The Balaban J connectivity index is 1.48. The summed E-state index contributed by atoms with van der Waals surface area (Å²) >= 11 is 0. The fraction of sp³-hybridized carbons (Fsp3) is 0.333. The number of nitrogens with zero attached hydrogens (tertiary/aromatic N) is 3. The maximum absolute atomic E-state index is 12.9. The van der Waals surface area contributed by atoms with Crippen molar-refractivity contribution in [2.24, 2.45) is 5.92 Å². The fourth-order valence-electron chi connectivity index (χ4n) is 3.10. The van der Waals surface area contributed by atoms with Crippen LogP contribution in [0, 0.1) is 12.8 Å². The molecule has 26 heavy (non-hydrogen) atoms. The minimum atomic E-state index is -3.59. The van der Waals surface area contributed by atoms with Gasteiger partial charge < -0.3 is 9.64 Å². The van der Waals surface area contributed by atoms with Crippen molar-refractivity contribution >= 4 is 21.6 Å². The van der Waals surface area contributed by atoms with Gasteiger partial charge in [0.2, 0.25) is 15.9 Å². The molecule has 1 aromatic carbocycles. The third kappa shape index (κ3) is 2.85. The number of carbonyl (C=O) groups is 1. The van der Waals surface area contributed by atoms with Crippen molar-refractivity contribution in [1.29, 1.82) is 0 Å². The lowest BCUT2D eigenvalue weighted by atomic mass is 10.0. The molecule has 0 radical (unpaired) electrons.